The number of aromatic nitrogens is 2. The number of ether oxygens (including phenoxy) is 1. The lowest BCUT2D eigenvalue weighted by Crippen LogP contribution is -2.30. The first-order valence-corrected chi connectivity index (χ1v) is 7.60. The second-order valence-corrected chi connectivity index (χ2v) is 5.70. The van der Waals surface area contributed by atoms with Crippen LogP contribution in [-0.4, -0.2) is 34.2 Å². The molecule has 1 aliphatic rings. The van der Waals surface area contributed by atoms with Crippen molar-refractivity contribution in [3.05, 3.63) is 41.9 Å². The van der Waals surface area contributed by atoms with Gasteiger partial charge in [-0.2, -0.15) is 0 Å². The Kier molecular flexibility index (Phi) is 4.41. The third-order valence-corrected chi connectivity index (χ3v) is 3.87. The Morgan fingerprint density at radius 2 is 2.29 bits per heavy atom. The highest BCUT2D eigenvalue weighted by molar-refractivity contribution is 5.06. The van der Waals surface area contributed by atoms with Gasteiger partial charge in [-0.15, -0.1) is 0 Å². The van der Waals surface area contributed by atoms with Crippen LogP contribution in [0.25, 0.3) is 0 Å². The van der Waals surface area contributed by atoms with Crippen LogP contribution in [0.1, 0.15) is 24.3 Å². The smallest absolute Gasteiger partial charge is 0.122 e. The molecule has 1 atom stereocenters. The van der Waals surface area contributed by atoms with E-state index in [0.717, 1.165) is 56.7 Å². The second-order valence-electron chi connectivity index (χ2n) is 5.70. The summed E-state index contributed by atoms with van der Waals surface area (Å²) in [7, 11) is 0. The SMILES string of the molecule is CCOC[C@H]1CN(Cc2ccc(C)o2)Cc2nccn2C1. The van der Waals surface area contributed by atoms with E-state index >= 15 is 0 Å². The maximum Gasteiger partial charge on any atom is 0.122 e. The number of imidazole rings is 1. The minimum atomic E-state index is 0.483. The van der Waals surface area contributed by atoms with Gasteiger partial charge in [0, 0.05) is 38.0 Å². The van der Waals surface area contributed by atoms with E-state index in [-0.39, 0.29) is 0 Å². The Hall–Kier alpha value is -1.59. The number of rotatable bonds is 5. The zero-order chi connectivity index (χ0) is 14.7. The van der Waals surface area contributed by atoms with Crippen molar-refractivity contribution < 1.29 is 9.15 Å². The standard InChI is InChI=1S/C16H23N3O2/c1-3-20-12-14-8-18(10-15-5-4-13(2)21-15)11-16-17-6-7-19(16)9-14/h4-7,14H,3,8-12H2,1-2H3/t14-/m0/s1. The summed E-state index contributed by atoms with van der Waals surface area (Å²) in [4.78, 5) is 6.88. The first-order valence-electron chi connectivity index (χ1n) is 7.60. The zero-order valence-corrected chi connectivity index (χ0v) is 12.8. The average molecular weight is 289 g/mol. The highest BCUT2D eigenvalue weighted by atomic mass is 16.5. The number of nitrogens with zero attached hydrogens (tertiary/aromatic N) is 3. The van der Waals surface area contributed by atoms with E-state index in [0.29, 0.717) is 5.92 Å². The molecule has 5 heteroatoms. The number of furan rings is 1. The molecule has 0 spiro atoms. The summed E-state index contributed by atoms with van der Waals surface area (Å²) in [6.07, 6.45) is 3.95. The van der Waals surface area contributed by atoms with Crippen LogP contribution >= 0.6 is 0 Å². The summed E-state index contributed by atoms with van der Waals surface area (Å²) in [6.45, 7) is 9.25. The van der Waals surface area contributed by atoms with Crippen molar-refractivity contribution in [1.29, 1.82) is 0 Å². The molecule has 3 heterocycles. The molecule has 3 rings (SSSR count). The van der Waals surface area contributed by atoms with Gasteiger partial charge in [-0.3, -0.25) is 4.90 Å². The topological polar surface area (TPSA) is 43.4 Å². The minimum Gasteiger partial charge on any atom is -0.465 e. The fraction of sp³-hybridized carbons (Fsp3) is 0.562. The van der Waals surface area contributed by atoms with Gasteiger partial charge in [-0.25, -0.2) is 4.98 Å². The number of hydrogen-bond donors (Lipinski definition) is 0. The highest BCUT2D eigenvalue weighted by Gasteiger charge is 2.23. The Morgan fingerprint density at radius 3 is 3.05 bits per heavy atom. The highest BCUT2D eigenvalue weighted by Crippen LogP contribution is 2.19. The van der Waals surface area contributed by atoms with E-state index in [1.807, 2.05) is 26.1 Å². The minimum absolute atomic E-state index is 0.483. The second kappa shape index (κ2) is 6.45. The molecule has 2 aromatic heterocycles. The van der Waals surface area contributed by atoms with Crippen LogP contribution in [0.2, 0.25) is 0 Å². The van der Waals surface area contributed by atoms with Gasteiger partial charge in [0.25, 0.3) is 0 Å². The molecule has 0 bridgehead atoms. The van der Waals surface area contributed by atoms with Gasteiger partial charge in [0.1, 0.15) is 17.3 Å². The van der Waals surface area contributed by atoms with Crippen LogP contribution in [0.5, 0.6) is 0 Å². The van der Waals surface area contributed by atoms with Crippen molar-refractivity contribution in [2.75, 3.05) is 19.8 Å². The summed E-state index contributed by atoms with van der Waals surface area (Å²) < 4.78 is 13.6. The largest absolute Gasteiger partial charge is 0.465 e. The van der Waals surface area contributed by atoms with Gasteiger partial charge < -0.3 is 13.7 Å². The molecule has 0 radical (unpaired) electrons. The van der Waals surface area contributed by atoms with Gasteiger partial charge in [0.05, 0.1) is 19.7 Å². The van der Waals surface area contributed by atoms with Crippen LogP contribution in [0.15, 0.2) is 28.9 Å². The molecule has 0 aromatic carbocycles. The van der Waals surface area contributed by atoms with E-state index < -0.39 is 0 Å². The first-order chi connectivity index (χ1) is 10.2. The summed E-state index contributed by atoms with van der Waals surface area (Å²) in [5.74, 6) is 3.59. The summed E-state index contributed by atoms with van der Waals surface area (Å²) in [5, 5.41) is 0. The first kappa shape index (κ1) is 14.4. The van der Waals surface area contributed by atoms with Gasteiger partial charge in [0.15, 0.2) is 0 Å². The van der Waals surface area contributed by atoms with Crippen molar-refractivity contribution in [3.8, 4) is 0 Å². The molecule has 1 aliphatic heterocycles. The fourth-order valence-electron chi connectivity index (χ4n) is 2.92. The van der Waals surface area contributed by atoms with E-state index in [9.17, 15) is 0 Å². The van der Waals surface area contributed by atoms with E-state index in [1.165, 1.54) is 0 Å². The van der Waals surface area contributed by atoms with Gasteiger partial charge in [-0.05, 0) is 26.0 Å². The maximum atomic E-state index is 5.71. The molecule has 0 aliphatic carbocycles. The van der Waals surface area contributed by atoms with Crippen LogP contribution in [0, 0.1) is 12.8 Å². The van der Waals surface area contributed by atoms with Gasteiger partial charge in [0.2, 0.25) is 0 Å². The Morgan fingerprint density at radius 1 is 1.38 bits per heavy atom. The molecular formula is C16H23N3O2. The number of aryl methyl sites for hydroxylation is 1. The Bertz CT molecular complexity index is 576. The molecule has 0 fully saturated rings. The van der Waals surface area contributed by atoms with Crippen molar-refractivity contribution in [2.24, 2.45) is 5.92 Å². The van der Waals surface area contributed by atoms with Gasteiger partial charge >= 0.3 is 0 Å². The molecule has 0 saturated heterocycles. The average Bonchev–Trinajstić information content (AvgIpc) is 3.02. The normalized spacial score (nSPS) is 19.4. The van der Waals surface area contributed by atoms with Crippen LogP contribution in [-0.2, 0) is 24.4 Å². The number of hydrogen-bond acceptors (Lipinski definition) is 4. The lowest BCUT2D eigenvalue weighted by molar-refractivity contribution is 0.0834. The summed E-state index contributed by atoms with van der Waals surface area (Å²) >= 11 is 0. The lowest BCUT2D eigenvalue weighted by atomic mass is 10.1. The predicted octanol–water partition coefficient (Wildman–Crippen LogP) is 2.45. The number of fused-ring (bicyclic) bond motifs is 1. The van der Waals surface area contributed by atoms with E-state index in [4.69, 9.17) is 9.15 Å². The monoisotopic (exact) mass is 289 g/mol. The predicted molar refractivity (Wildman–Crippen MR) is 79.8 cm³/mol. The lowest BCUT2D eigenvalue weighted by Gasteiger charge is -2.22. The molecule has 0 saturated carbocycles. The summed E-state index contributed by atoms with van der Waals surface area (Å²) in [5.41, 5.74) is 0. The van der Waals surface area contributed by atoms with Crippen molar-refractivity contribution in [1.82, 2.24) is 14.5 Å². The molecule has 0 amide bonds. The third kappa shape index (κ3) is 3.54. The van der Waals surface area contributed by atoms with E-state index in [2.05, 4.69) is 26.7 Å². The molecule has 0 N–H and O–H groups in total. The van der Waals surface area contributed by atoms with Gasteiger partial charge in [-0.1, -0.05) is 0 Å². The maximum absolute atomic E-state index is 5.71. The van der Waals surface area contributed by atoms with Crippen LogP contribution in [0.4, 0.5) is 0 Å². The Balaban J connectivity index is 1.73. The van der Waals surface area contributed by atoms with E-state index in [1.54, 1.807) is 0 Å². The van der Waals surface area contributed by atoms with Crippen molar-refractivity contribution in [2.45, 2.75) is 33.5 Å². The van der Waals surface area contributed by atoms with Crippen LogP contribution < -0.4 is 0 Å². The quantitative estimate of drug-likeness (QED) is 0.848. The molecule has 21 heavy (non-hydrogen) atoms. The van der Waals surface area contributed by atoms with Crippen molar-refractivity contribution >= 4 is 0 Å². The zero-order valence-electron chi connectivity index (χ0n) is 12.8. The van der Waals surface area contributed by atoms with Crippen molar-refractivity contribution in [3.63, 3.8) is 0 Å². The summed E-state index contributed by atoms with van der Waals surface area (Å²) in [6, 6.07) is 4.08. The third-order valence-electron chi connectivity index (χ3n) is 3.87. The fourth-order valence-corrected chi connectivity index (χ4v) is 2.92. The molecule has 5 nitrogen and oxygen atoms in total. The molecule has 0 unspecified atom stereocenters. The molecule has 2 aromatic rings. The molecular weight excluding hydrogens is 266 g/mol. The molecule has 114 valence electrons. The Labute approximate surface area is 125 Å². The van der Waals surface area contributed by atoms with Crippen LogP contribution in [0.3, 0.4) is 0 Å².